The van der Waals surface area contributed by atoms with E-state index in [-0.39, 0.29) is 6.10 Å². The first-order valence-corrected chi connectivity index (χ1v) is 7.42. The fraction of sp³-hybridized carbons (Fsp3) is 0.471. The zero-order valence-electron chi connectivity index (χ0n) is 13.6. The molecule has 0 atom stereocenters. The number of ether oxygens (including phenoxy) is 1. The number of aromatic nitrogens is 2. The Bertz CT molecular complexity index is 602. The van der Waals surface area contributed by atoms with Gasteiger partial charge in [-0.25, -0.2) is 4.98 Å². The highest BCUT2D eigenvalue weighted by Crippen LogP contribution is 2.17. The van der Waals surface area contributed by atoms with Crippen molar-refractivity contribution in [2.75, 3.05) is 0 Å². The minimum absolute atomic E-state index is 0.137. The Morgan fingerprint density at radius 1 is 1.24 bits per heavy atom. The molecule has 114 valence electrons. The summed E-state index contributed by atoms with van der Waals surface area (Å²) >= 11 is 0. The Hall–Kier alpha value is -1.81. The lowest BCUT2D eigenvalue weighted by molar-refractivity contribution is 0.229. The van der Waals surface area contributed by atoms with Crippen LogP contribution in [0.5, 0.6) is 5.88 Å². The van der Waals surface area contributed by atoms with Crippen LogP contribution in [0.3, 0.4) is 0 Å². The van der Waals surface area contributed by atoms with Crippen molar-refractivity contribution in [1.29, 1.82) is 0 Å². The molecule has 21 heavy (non-hydrogen) atoms. The Labute approximate surface area is 127 Å². The Morgan fingerprint density at radius 3 is 2.57 bits per heavy atom. The van der Waals surface area contributed by atoms with Crippen LogP contribution in [0.15, 0.2) is 24.4 Å². The highest BCUT2D eigenvalue weighted by atomic mass is 16.5. The van der Waals surface area contributed by atoms with Crippen LogP contribution >= 0.6 is 0 Å². The highest BCUT2D eigenvalue weighted by Gasteiger charge is 2.08. The van der Waals surface area contributed by atoms with E-state index in [9.17, 15) is 0 Å². The molecule has 2 rings (SSSR count). The summed E-state index contributed by atoms with van der Waals surface area (Å²) in [5.74, 6) is 0.723. The minimum atomic E-state index is 0.137. The number of pyridine rings is 1. The summed E-state index contributed by atoms with van der Waals surface area (Å²) in [6.07, 6.45) is 1.91. The third kappa shape index (κ3) is 3.85. The van der Waals surface area contributed by atoms with Gasteiger partial charge in [0, 0.05) is 43.3 Å². The van der Waals surface area contributed by atoms with Crippen LogP contribution in [0.2, 0.25) is 0 Å². The molecule has 0 amide bonds. The summed E-state index contributed by atoms with van der Waals surface area (Å²) in [7, 11) is 2.10. The van der Waals surface area contributed by atoms with Gasteiger partial charge in [-0.05, 0) is 45.4 Å². The molecule has 0 aliphatic carbocycles. The summed E-state index contributed by atoms with van der Waals surface area (Å²) in [6.45, 7) is 9.92. The standard InChI is InChI=1S/C17H25N3O/c1-12(2)21-17-15(7-6-8-19-17)10-18-11-16-9-13(3)20(5)14(16)4/h6-9,12,18H,10-11H2,1-5H3. The van der Waals surface area contributed by atoms with Gasteiger partial charge in [0.2, 0.25) is 5.88 Å². The van der Waals surface area contributed by atoms with Crippen molar-refractivity contribution in [2.24, 2.45) is 7.05 Å². The van der Waals surface area contributed by atoms with Crippen molar-refractivity contribution in [2.45, 2.75) is 46.9 Å². The summed E-state index contributed by atoms with van der Waals surface area (Å²) in [5, 5.41) is 3.48. The maximum atomic E-state index is 5.74. The van der Waals surface area contributed by atoms with Crippen molar-refractivity contribution in [1.82, 2.24) is 14.9 Å². The molecular formula is C17H25N3O. The average molecular weight is 287 g/mol. The monoisotopic (exact) mass is 287 g/mol. The second-order valence-corrected chi connectivity index (χ2v) is 5.69. The predicted octanol–water partition coefficient (Wildman–Crippen LogP) is 3.11. The first kappa shape index (κ1) is 15.6. The second-order valence-electron chi connectivity index (χ2n) is 5.69. The van der Waals surface area contributed by atoms with Crippen molar-refractivity contribution < 1.29 is 4.74 Å². The Balaban J connectivity index is 1.99. The predicted molar refractivity (Wildman–Crippen MR) is 85.4 cm³/mol. The van der Waals surface area contributed by atoms with Gasteiger partial charge in [-0.2, -0.15) is 0 Å². The fourth-order valence-electron chi connectivity index (χ4n) is 2.33. The molecule has 0 bridgehead atoms. The van der Waals surface area contributed by atoms with Gasteiger partial charge in [0.05, 0.1) is 6.10 Å². The second kappa shape index (κ2) is 6.76. The van der Waals surface area contributed by atoms with E-state index in [0.717, 1.165) is 24.5 Å². The van der Waals surface area contributed by atoms with Gasteiger partial charge in [-0.3, -0.25) is 0 Å². The minimum Gasteiger partial charge on any atom is -0.475 e. The molecule has 4 heteroatoms. The normalized spacial score (nSPS) is 11.1. The van der Waals surface area contributed by atoms with E-state index in [0.29, 0.717) is 0 Å². The number of nitrogens with one attached hydrogen (secondary N) is 1. The zero-order valence-corrected chi connectivity index (χ0v) is 13.6. The van der Waals surface area contributed by atoms with E-state index in [1.165, 1.54) is 17.0 Å². The molecule has 1 N–H and O–H groups in total. The molecule has 0 fully saturated rings. The van der Waals surface area contributed by atoms with Gasteiger partial charge >= 0.3 is 0 Å². The van der Waals surface area contributed by atoms with E-state index in [1.807, 2.05) is 19.9 Å². The summed E-state index contributed by atoms with van der Waals surface area (Å²) in [4.78, 5) is 4.31. The van der Waals surface area contributed by atoms with Crippen LogP contribution in [-0.2, 0) is 20.1 Å². The lowest BCUT2D eigenvalue weighted by Gasteiger charge is -2.13. The molecule has 4 nitrogen and oxygen atoms in total. The molecule has 2 aromatic heterocycles. The number of nitrogens with zero attached hydrogens (tertiary/aromatic N) is 2. The van der Waals surface area contributed by atoms with Crippen LogP contribution in [-0.4, -0.2) is 15.7 Å². The van der Waals surface area contributed by atoms with Gasteiger partial charge in [-0.1, -0.05) is 6.07 Å². The zero-order chi connectivity index (χ0) is 15.4. The average Bonchev–Trinajstić information content (AvgIpc) is 2.68. The van der Waals surface area contributed by atoms with E-state index >= 15 is 0 Å². The molecule has 0 saturated heterocycles. The van der Waals surface area contributed by atoms with Crippen molar-refractivity contribution in [3.63, 3.8) is 0 Å². The van der Waals surface area contributed by atoms with Crippen molar-refractivity contribution in [3.05, 3.63) is 46.9 Å². The van der Waals surface area contributed by atoms with Crippen LogP contribution in [0.1, 0.15) is 36.4 Å². The summed E-state index contributed by atoms with van der Waals surface area (Å²) in [5.41, 5.74) is 5.03. The van der Waals surface area contributed by atoms with Gasteiger partial charge in [0.15, 0.2) is 0 Å². The quantitative estimate of drug-likeness (QED) is 0.887. The molecule has 0 aliphatic rings. The molecule has 0 aromatic carbocycles. The largest absolute Gasteiger partial charge is 0.475 e. The molecule has 0 unspecified atom stereocenters. The fourth-order valence-corrected chi connectivity index (χ4v) is 2.33. The molecule has 2 aromatic rings. The van der Waals surface area contributed by atoms with Crippen LogP contribution in [0, 0.1) is 13.8 Å². The maximum absolute atomic E-state index is 5.74. The van der Waals surface area contributed by atoms with Crippen LogP contribution in [0.25, 0.3) is 0 Å². The number of hydrogen-bond acceptors (Lipinski definition) is 3. The molecular weight excluding hydrogens is 262 g/mol. The van der Waals surface area contributed by atoms with Gasteiger partial charge in [0.25, 0.3) is 0 Å². The van der Waals surface area contributed by atoms with E-state index in [4.69, 9.17) is 4.74 Å². The Morgan fingerprint density at radius 2 is 1.95 bits per heavy atom. The first-order valence-electron chi connectivity index (χ1n) is 7.42. The third-order valence-corrected chi connectivity index (χ3v) is 3.71. The van der Waals surface area contributed by atoms with Gasteiger partial charge < -0.3 is 14.6 Å². The topological polar surface area (TPSA) is 39.1 Å². The number of aryl methyl sites for hydroxylation is 1. The highest BCUT2D eigenvalue weighted by molar-refractivity contribution is 5.28. The Kier molecular flexibility index (Phi) is 5.02. The molecule has 0 spiro atoms. The van der Waals surface area contributed by atoms with Gasteiger partial charge in [-0.15, -0.1) is 0 Å². The van der Waals surface area contributed by atoms with E-state index in [2.05, 4.69) is 47.9 Å². The lowest BCUT2D eigenvalue weighted by atomic mass is 10.2. The van der Waals surface area contributed by atoms with Gasteiger partial charge in [0.1, 0.15) is 0 Å². The summed E-state index contributed by atoms with van der Waals surface area (Å²) in [6, 6.07) is 6.24. The first-order chi connectivity index (χ1) is 9.99. The molecule has 0 aliphatic heterocycles. The molecule has 0 saturated carbocycles. The lowest BCUT2D eigenvalue weighted by Crippen LogP contribution is -2.16. The number of hydrogen-bond donors (Lipinski definition) is 1. The maximum Gasteiger partial charge on any atom is 0.218 e. The summed E-state index contributed by atoms with van der Waals surface area (Å²) < 4.78 is 7.96. The van der Waals surface area contributed by atoms with Crippen LogP contribution in [0.4, 0.5) is 0 Å². The third-order valence-electron chi connectivity index (χ3n) is 3.71. The van der Waals surface area contributed by atoms with Crippen molar-refractivity contribution >= 4 is 0 Å². The van der Waals surface area contributed by atoms with E-state index < -0.39 is 0 Å². The molecule has 0 radical (unpaired) electrons. The molecule has 2 heterocycles. The van der Waals surface area contributed by atoms with Crippen molar-refractivity contribution in [3.8, 4) is 5.88 Å². The van der Waals surface area contributed by atoms with E-state index in [1.54, 1.807) is 6.20 Å². The SMILES string of the molecule is Cc1cc(CNCc2cccnc2OC(C)C)c(C)n1C. The van der Waals surface area contributed by atoms with Crippen LogP contribution < -0.4 is 10.1 Å². The number of rotatable bonds is 6. The smallest absolute Gasteiger partial charge is 0.218 e.